The Morgan fingerprint density at radius 2 is 1.50 bits per heavy atom. The average molecular weight is 563 g/mol. The Balaban J connectivity index is 2.20. The van der Waals surface area contributed by atoms with Gasteiger partial charge in [0.2, 0.25) is 17.7 Å². The normalized spacial score (nSPS) is 14.9. The number of aliphatic hydroxyl groups is 1. The van der Waals surface area contributed by atoms with E-state index in [0.717, 1.165) is 10.9 Å². The number of carbonyl (C=O) groups is 5. The number of H-pyrrole nitrogens is 1. The molecule has 0 spiro atoms. The summed E-state index contributed by atoms with van der Waals surface area (Å²) in [7, 11) is 0. The van der Waals surface area contributed by atoms with Crippen LogP contribution in [0.2, 0.25) is 0 Å². The lowest BCUT2D eigenvalue weighted by molar-refractivity contribution is -0.143. The molecular weight excluding hydrogens is 524 g/mol. The van der Waals surface area contributed by atoms with Gasteiger partial charge in [-0.2, -0.15) is 0 Å². The van der Waals surface area contributed by atoms with E-state index in [1.807, 2.05) is 12.1 Å². The monoisotopic (exact) mass is 562 g/mol. The summed E-state index contributed by atoms with van der Waals surface area (Å²) >= 11 is 0. The van der Waals surface area contributed by atoms with E-state index in [1.165, 1.54) is 6.92 Å². The molecule has 14 heteroatoms. The Bertz CT molecular complexity index is 1180. The molecule has 220 valence electrons. The van der Waals surface area contributed by atoms with E-state index in [1.54, 1.807) is 18.3 Å². The van der Waals surface area contributed by atoms with E-state index >= 15 is 0 Å². The molecule has 1 aromatic carbocycles. The van der Waals surface area contributed by atoms with Crippen molar-refractivity contribution >= 4 is 40.6 Å². The summed E-state index contributed by atoms with van der Waals surface area (Å²) in [4.78, 5) is 65.0. The van der Waals surface area contributed by atoms with Crippen molar-refractivity contribution in [1.29, 1.82) is 0 Å². The molecule has 0 aliphatic carbocycles. The highest BCUT2D eigenvalue weighted by Crippen LogP contribution is 2.19. The second-order valence-electron chi connectivity index (χ2n) is 9.57. The molecule has 2 aromatic rings. The SMILES string of the molecule is CC(O)C(N)C(=O)NC(CCCCN)C(=O)NC(CCC(=O)O)C(=O)NC(Cc1c[nH]c2ccccc12)C(=O)O. The molecule has 3 amide bonds. The van der Waals surface area contributed by atoms with Crippen LogP contribution in [-0.4, -0.2) is 86.8 Å². The van der Waals surface area contributed by atoms with Gasteiger partial charge in [-0.1, -0.05) is 18.2 Å². The predicted molar refractivity (Wildman–Crippen MR) is 145 cm³/mol. The first kappa shape index (κ1) is 32.2. The van der Waals surface area contributed by atoms with Gasteiger partial charge in [-0.25, -0.2) is 4.79 Å². The van der Waals surface area contributed by atoms with Gasteiger partial charge in [-0.05, 0) is 50.8 Å². The number of aliphatic hydroxyl groups excluding tert-OH is 1. The van der Waals surface area contributed by atoms with Crippen molar-refractivity contribution in [1.82, 2.24) is 20.9 Å². The zero-order chi connectivity index (χ0) is 29.8. The predicted octanol–water partition coefficient (Wildman–Crippen LogP) is -1.05. The molecule has 0 saturated heterocycles. The Labute approximate surface area is 230 Å². The summed E-state index contributed by atoms with van der Waals surface area (Å²) in [6.45, 7) is 1.65. The third-order valence-electron chi connectivity index (χ3n) is 6.40. The van der Waals surface area contributed by atoms with Crippen LogP contribution < -0.4 is 27.4 Å². The Hall–Kier alpha value is -4.01. The molecule has 5 unspecified atom stereocenters. The van der Waals surface area contributed by atoms with Crippen molar-refractivity contribution in [2.45, 2.75) is 75.7 Å². The van der Waals surface area contributed by atoms with Crippen LogP contribution in [0.4, 0.5) is 0 Å². The van der Waals surface area contributed by atoms with Crippen LogP contribution in [0.15, 0.2) is 30.5 Å². The molecular formula is C26H38N6O8. The first-order valence-electron chi connectivity index (χ1n) is 13.0. The van der Waals surface area contributed by atoms with Gasteiger partial charge in [-0.3, -0.25) is 19.2 Å². The fourth-order valence-electron chi connectivity index (χ4n) is 4.05. The molecule has 11 N–H and O–H groups in total. The maximum Gasteiger partial charge on any atom is 0.326 e. The number of para-hydroxylation sites is 1. The molecule has 0 radical (unpaired) electrons. The zero-order valence-corrected chi connectivity index (χ0v) is 22.3. The van der Waals surface area contributed by atoms with E-state index < -0.39 is 66.4 Å². The van der Waals surface area contributed by atoms with E-state index in [9.17, 15) is 34.2 Å². The second-order valence-corrected chi connectivity index (χ2v) is 9.57. The standard InChI is InChI=1S/C26H38N6O8/c1-14(33)22(28)25(38)31-18(8-4-5-11-27)23(36)30-19(9-10-21(34)35)24(37)32-20(26(39)40)12-15-13-29-17-7-3-2-6-16(15)17/h2-3,6-7,13-14,18-20,22,29,33H,4-5,8-12,27-28H2,1H3,(H,30,36)(H,31,38)(H,32,37)(H,34,35)(H,39,40). The van der Waals surface area contributed by atoms with Crippen LogP contribution in [0.5, 0.6) is 0 Å². The lowest BCUT2D eigenvalue weighted by atomic mass is 10.0. The van der Waals surface area contributed by atoms with Gasteiger partial charge in [-0.15, -0.1) is 0 Å². The maximum absolute atomic E-state index is 13.2. The fourth-order valence-corrected chi connectivity index (χ4v) is 4.05. The van der Waals surface area contributed by atoms with Crippen LogP contribution in [-0.2, 0) is 30.4 Å². The van der Waals surface area contributed by atoms with E-state index in [4.69, 9.17) is 16.6 Å². The highest BCUT2D eigenvalue weighted by atomic mass is 16.4. The van der Waals surface area contributed by atoms with Crippen molar-refractivity contribution in [2.24, 2.45) is 11.5 Å². The van der Waals surface area contributed by atoms with Crippen molar-refractivity contribution in [2.75, 3.05) is 6.54 Å². The molecule has 0 bridgehead atoms. The van der Waals surface area contributed by atoms with Crippen LogP contribution in [0.3, 0.4) is 0 Å². The number of rotatable bonds is 17. The number of aliphatic carboxylic acids is 2. The molecule has 0 saturated carbocycles. The summed E-state index contributed by atoms with van der Waals surface area (Å²) in [5, 5.41) is 36.6. The second kappa shape index (κ2) is 15.5. The van der Waals surface area contributed by atoms with Crippen LogP contribution in [0, 0.1) is 0 Å². The van der Waals surface area contributed by atoms with Gasteiger partial charge < -0.3 is 47.7 Å². The molecule has 14 nitrogen and oxygen atoms in total. The third-order valence-corrected chi connectivity index (χ3v) is 6.40. The lowest BCUT2D eigenvalue weighted by Gasteiger charge is -2.25. The zero-order valence-electron chi connectivity index (χ0n) is 22.3. The Kier molecular flexibility index (Phi) is 12.5. The van der Waals surface area contributed by atoms with Gasteiger partial charge in [0, 0.05) is 29.9 Å². The number of hydrogen-bond acceptors (Lipinski definition) is 8. The van der Waals surface area contributed by atoms with Gasteiger partial charge >= 0.3 is 11.9 Å². The summed E-state index contributed by atoms with van der Waals surface area (Å²) in [5.74, 6) is -5.02. The number of hydrogen-bond donors (Lipinski definition) is 9. The highest BCUT2D eigenvalue weighted by Gasteiger charge is 2.31. The van der Waals surface area contributed by atoms with Crippen molar-refractivity contribution in [3.05, 3.63) is 36.0 Å². The van der Waals surface area contributed by atoms with E-state index in [-0.39, 0.29) is 19.3 Å². The van der Waals surface area contributed by atoms with Gasteiger partial charge in [0.25, 0.3) is 0 Å². The fraction of sp³-hybridized carbons (Fsp3) is 0.500. The van der Waals surface area contributed by atoms with E-state index in [0.29, 0.717) is 24.9 Å². The minimum atomic E-state index is -1.41. The Morgan fingerprint density at radius 3 is 2.10 bits per heavy atom. The number of benzene rings is 1. The first-order chi connectivity index (χ1) is 18.9. The lowest BCUT2D eigenvalue weighted by Crippen LogP contribution is -2.58. The smallest absolute Gasteiger partial charge is 0.326 e. The number of unbranched alkanes of at least 4 members (excludes halogenated alkanes) is 1. The molecule has 0 aliphatic rings. The average Bonchev–Trinajstić information content (AvgIpc) is 3.31. The number of aromatic amines is 1. The molecule has 1 heterocycles. The third kappa shape index (κ3) is 9.63. The number of aromatic nitrogens is 1. The number of carboxylic acids is 2. The summed E-state index contributed by atoms with van der Waals surface area (Å²) in [5.41, 5.74) is 12.6. The summed E-state index contributed by atoms with van der Waals surface area (Å²) in [6.07, 6.45) is 0.677. The van der Waals surface area contributed by atoms with Gasteiger partial charge in [0.1, 0.15) is 24.2 Å². The minimum absolute atomic E-state index is 0.0698. The number of nitrogens with one attached hydrogen (secondary N) is 4. The molecule has 0 fully saturated rings. The van der Waals surface area contributed by atoms with Crippen LogP contribution in [0.1, 0.15) is 44.6 Å². The molecule has 0 aliphatic heterocycles. The number of carbonyl (C=O) groups excluding carboxylic acids is 3. The number of amides is 3. The van der Waals surface area contributed by atoms with Gasteiger partial charge in [0.15, 0.2) is 0 Å². The molecule has 2 rings (SSSR count). The molecule has 5 atom stereocenters. The number of nitrogens with two attached hydrogens (primary N) is 2. The maximum atomic E-state index is 13.2. The van der Waals surface area contributed by atoms with Crippen LogP contribution >= 0.6 is 0 Å². The van der Waals surface area contributed by atoms with Gasteiger partial charge in [0.05, 0.1) is 6.10 Å². The van der Waals surface area contributed by atoms with Crippen molar-refractivity contribution < 1.29 is 39.3 Å². The molecule has 1 aromatic heterocycles. The largest absolute Gasteiger partial charge is 0.481 e. The highest BCUT2D eigenvalue weighted by molar-refractivity contribution is 5.94. The number of carboxylic acid groups (broad SMARTS) is 2. The van der Waals surface area contributed by atoms with Crippen molar-refractivity contribution in [3.63, 3.8) is 0 Å². The quantitative estimate of drug-likeness (QED) is 0.106. The summed E-state index contributed by atoms with van der Waals surface area (Å²) < 4.78 is 0. The molecule has 40 heavy (non-hydrogen) atoms. The Morgan fingerprint density at radius 1 is 0.900 bits per heavy atom. The van der Waals surface area contributed by atoms with Crippen molar-refractivity contribution in [3.8, 4) is 0 Å². The number of fused-ring (bicyclic) bond motifs is 1. The van der Waals surface area contributed by atoms with E-state index in [2.05, 4.69) is 20.9 Å². The summed E-state index contributed by atoms with van der Waals surface area (Å²) in [6, 6.07) is 1.98. The topological polar surface area (TPSA) is 250 Å². The first-order valence-corrected chi connectivity index (χ1v) is 13.0. The van der Waals surface area contributed by atoms with Crippen LogP contribution in [0.25, 0.3) is 10.9 Å². The minimum Gasteiger partial charge on any atom is -0.481 e.